The first kappa shape index (κ1) is 13.2. The third kappa shape index (κ3) is 3.35. The summed E-state index contributed by atoms with van der Waals surface area (Å²) in [7, 11) is 0. The van der Waals surface area contributed by atoms with Crippen LogP contribution in [-0.4, -0.2) is 30.5 Å². The average Bonchev–Trinajstić information content (AvgIpc) is 2.45. The lowest BCUT2D eigenvalue weighted by atomic mass is 10.1. The van der Waals surface area contributed by atoms with Gasteiger partial charge in [-0.25, -0.2) is 0 Å². The molecule has 1 aliphatic heterocycles. The van der Waals surface area contributed by atoms with Crippen molar-refractivity contribution in [2.24, 2.45) is 0 Å². The van der Waals surface area contributed by atoms with Crippen LogP contribution in [0.15, 0.2) is 35.9 Å². The summed E-state index contributed by atoms with van der Waals surface area (Å²) < 4.78 is 5.45. The van der Waals surface area contributed by atoms with Crippen molar-refractivity contribution in [1.29, 1.82) is 5.26 Å². The zero-order chi connectivity index (χ0) is 13.7. The van der Waals surface area contributed by atoms with Crippen LogP contribution in [0, 0.1) is 11.3 Å². The number of carbonyl (C=O) groups is 1. The molecule has 0 bridgehead atoms. The van der Waals surface area contributed by atoms with E-state index in [9.17, 15) is 4.79 Å². The average molecular weight is 256 g/mol. The number of nitriles is 1. The molecule has 4 nitrogen and oxygen atoms in total. The molecule has 0 fully saturated rings. The topological polar surface area (TPSA) is 53.3 Å². The van der Waals surface area contributed by atoms with Crippen LogP contribution in [0.3, 0.4) is 0 Å². The Bertz CT molecular complexity index is 543. The molecule has 0 saturated heterocycles. The second-order valence-corrected chi connectivity index (χ2v) is 4.55. The molecule has 0 saturated carbocycles. The Morgan fingerprint density at radius 3 is 3.00 bits per heavy atom. The predicted molar refractivity (Wildman–Crippen MR) is 71.6 cm³/mol. The van der Waals surface area contributed by atoms with E-state index in [0.717, 1.165) is 13.0 Å². The van der Waals surface area contributed by atoms with E-state index in [1.165, 1.54) is 5.57 Å². The summed E-state index contributed by atoms with van der Waals surface area (Å²) in [5.74, 6) is 0.419. The standard InChI is InChI=1S/C15H16N2O2/c1-12-5-4-8-17(10-12)15(18)11-19-14-7-3-2-6-13(14)9-16/h2-3,5-7H,4,8,10-11H2,1H3. The first-order valence-electron chi connectivity index (χ1n) is 6.26. The van der Waals surface area contributed by atoms with Crippen molar-refractivity contribution in [3.63, 3.8) is 0 Å². The van der Waals surface area contributed by atoms with E-state index in [-0.39, 0.29) is 12.5 Å². The van der Waals surface area contributed by atoms with Crippen molar-refractivity contribution < 1.29 is 9.53 Å². The molecule has 0 radical (unpaired) electrons. The van der Waals surface area contributed by atoms with Crippen molar-refractivity contribution in [3.8, 4) is 11.8 Å². The normalized spacial score (nSPS) is 14.5. The fourth-order valence-electron chi connectivity index (χ4n) is 2.04. The second kappa shape index (κ2) is 6.05. The highest BCUT2D eigenvalue weighted by atomic mass is 16.5. The lowest BCUT2D eigenvalue weighted by Gasteiger charge is -2.26. The summed E-state index contributed by atoms with van der Waals surface area (Å²) in [6.07, 6.45) is 3.04. The van der Waals surface area contributed by atoms with E-state index in [2.05, 4.69) is 6.08 Å². The highest BCUT2D eigenvalue weighted by Crippen LogP contribution is 2.17. The summed E-state index contributed by atoms with van der Waals surface area (Å²) >= 11 is 0. The van der Waals surface area contributed by atoms with Crippen LogP contribution in [0.4, 0.5) is 0 Å². The van der Waals surface area contributed by atoms with Crippen LogP contribution in [0.2, 0.25) is 0 Å². The van der Waals surface area contributed by atoms with E-state index in [4.69, 9.17) is 10.00 Å². The minimum atomic E-state index is -0.0415. The SMILES string of the molecule is CC1=CCCN(C(=O)COc2ccccc2C#N)C1. The molecule has 2 rings (SSSR count). The van der Waals surface area contributed by atoms with Crippen LogP contribution in [0.25, 0.3) is 0 Å². The minimum Gasteiger partial charge on any atom is -0.482 e. The molecule has 19 heavy (non-hydrogen) atoms. The van der Waals surface area contributed by atoms with Gasteiger partial charge in [-0.05, 0) is 25.5 Å². The maximum Gasteiger partial charge on any atom is 0.260 e. The molecule has 4 heteroatoms. The van der Waals surface area contributed by atoms with Crippen molar-refractivity contribution >= 4 is 5.91 Å². The molecule has 0 aromatic heterocycles. The van der Waals surface area contributed by atoms with Gasteiger partial charge in [0.15, 0.2) is 6.61 Å². The summed E-state index contributed by atoms with van der Waals surface area (Å²) in [5, 5.41) is 8.93. The van der Waals surface area contributed by atoms with Crippen LogP contribution in [0.5, 0.6) is 5.75 Å². The fraction of sp³-hybridized carbons (Fsp3) is 0.333. The number of para-hydroxylation sites is 1. The zero-order valence-electron chi connectivity index (χ0n) is 10.9. The number of carbonyl (C=O) groups excluding carboxylic acids is 1. The van der Waals surface area contributed by atoms with Gasteiger partial charge in [-0.1, -0.05) is 23.8 Å². The largest absolute Gasteiger partial charge is 0.482 e. The maximum absolute atomic E-state index is 12.0. The third-order valence-corrected chi connectivity index (χ3v) is 3.04. The van der Waals surface area contributed by atoms with Crippen LogP contribution in [0.1, 0.15) is 18.9 Å². The molecule has 0 N–H and O–H groups in total. The number of hydrogen-bond donors (Lipinski definition) is 0. The summed E-state index contributed by atoms with van der Waals surface area (Å²) in [6, 6.07) is 8.98. The number of rotatable bonds is 3. The summed E-state index contributed by atoms with van der Waals surface area (Å²) in [4.78, 5) is 13.8. The monoisotopic (exact) mass is 256 g/mol. The Labute approximate surface area is 112 Å². The first-order valence-corrected chi connectivity index (χ1v) is 6.26. The van der Waals surface area contributed by atoms with Crippen molar-refractivity contribution in [1.82, 2.24) is 4.90 Å². The molecule has 98 valence electrons. The number of benzene rings is 1. The lowest BCUT2D eigenvalue weighted by molar-refractivity contribution is -0.133. The zero-order valence-corrected chi connectivity index (χ0v) is 10.9. The van der Waals surface area contributed by atoms with Gasteiger partial charge in [0.1, 0.15) is 11.8 Å². The van der Waals surface area contributed by atoms with E-state index < -0.39 is 0 Å². The molecule has 1 aromatic rings. The second-order valence-electron chi connectivity index (χ2n) is 4.55. The van der Waals surface area contributed by atoms with Gasteiger partial charge in [-0.3, -0.25) is 4.79 Å². The van der Waals surface area contributed by atoms with Crippen molar-refractivity contribution in [2.75, 3.05) is 19.7 Å². The number of nitrogens with zero attached hydrogens (tertiary/aromatic N) is 2. The lowest BCUT2D eigenvalue weighted by Crippen LogP contribution is -2.38. The van der Waals surface area contributed by atoms with Gasteiger partial charge in [-0.15, -0.1) is 0 Å². The van der Waals surface area contributed by atoms with Gasteiger partial charge in [0, 0.05) is 13.1 Å². The quantitative estimate of drug-likeness (QED) is 0.778. The smallest absolute Gasteiger partial charge is 0.260 e. The van der Waals surface area contributed by atoms with Crippen molar-refractivity contribution in [2.45, 2.75) is 13.3 Å². The van der Waals surface area contributed by atoms with Crippen LogP contribution in [-0.2, 0) is 4.79 Å². The first-order chi connectivity index (χ1) is 9.20. The molecule has 1 heterocycles. The molecule has 1 aliphatic rings. The van der Waals surface area contributed by atoms with E-state index in [0.29, 0.717) is 17.9 Å². The molecule has 0 atom stereocenters. The number of ether oxygens (including phenoxy) is 1. The maximum atomic E-state index is 12.0. The van der Waals surface area contributed by atoms with Crippen LogP contribution < -0.4 is 4.74 Å². The van der Waals surface area contributed by atoms with E-state index in [1.54, 1.807) is 29.2 Å². The minimum absolute atomic E-state index is 0.0219. The summed E-state index contributed by atoms with van der Waals surface area (Å²) in [6.45, 7) is 3.40. The van der Waals surface area contributed by atoms with Crippen molar-refractivity contribution in [3.05, 3.63) is 41.5 Å². The summed E-state index contributed by atoms with van der Waals surface area (Å²) in [5.41, 5.74) is 1.65. The molecule has 0 spiro atoms. The van der Waals surface area contributed by atoms with Gasteiger partial charge >= 0.3 is 0 Å². The van der Waals surface area contributed by atoms with Gasteiger partial charge in [0.05, 0.1) is 5.56 Å². The molecule has 1 amide bonds. The Morgan fingerprint density at radius 2 is 2.26 bits per heavy atom. The molecule has 1 aromatic carbocycles. The Kier molecular flexibility index (Phi) is 4.19. The highest BCUT2D eigenvalue weighted by Gasteiger charge is 2.17. The molecule has 0 unspecified atom stereocenters. The Morgan fingerprint density at radius 1 is 1.47 bits per heavy atom. The van der Waals surface area contributed by atoms with Gasteiger partial charge in [0.2, 0.25) is 0 Å². The highest BCUT2D eigenvalue weighted by molar-refractivity contribution is 5.78. The Balaban J connectivity index is 1.94. The number of amides is 1. The fourth-order valence-corrected chi connectivity index (χ4v) is 2.04. The Hall–Kier alpha value is -2.28. The van der Waals surface area contributed by atoms with Gasteiger partial charge < -0.3 is 9.64 Å². The molecular weight excluding hydrogens is 240 g/mol. The van der Waals surface area contributed by atoms with E-state index in [1.807, 2.05) is 13.0 Å². The third-order valence-electron chi connectivity index (χ3n) is 3.04. The van der Waals surface area contributed by atoms with E-state index >= 15 is 0 Å². The molecular formula is C15H16N2O2. The number of hydrogen-bond acceptors (Lipinski definition) is 3. The molecule has 0 aliphatic carbocycles. The van der Waals surface area contributed by atoms with Crippen LogP contribution >= 0.6 is 0 Å². The van der Waals surface area contributed by atoms with Gasteiger partial charge in [0.25, 0.3) is 5.91 Å². The van der Waals surface area contributed by atoms with Gasteiger partial charge in [-0.2, -0.15) is 5.26 Å². The predicted octanol–water partition coefficient (Wildman–Crippen LogP) is 2.12.